The molecule has 4 nitrogen and oxygen atoms in total. The van der Waals surface area contributed by atoms with Gasteiger partial charge in [0.25, 0.3) is 0 Å². The third kappa shape index (κ3) is 3.33. The minimum Gasteiger partial charge on any atom is -0.467 e. The van der Waals surface area contributed by atoms with Crippen LogP contribution >= 0.6 is 23.2 Å². The van der Waals surface area contributed by atoms with E-state index < -0.39 is 0 Å². The molecule has 2 heterocycles. The number of hydrogen-bond acceptors (Lipinski definition) is 4. The zero-order valence-corrected chi connectivity index (χ0v) is 12.3. The van der Waals surface area contributed by atoms with Crippen LogP contribution in [0.4, 0.5) is 11.6 Å². The highest BCUT2D eigenvalue weighted by Crippen LogP contribution is 2.31. The van der Waals surface area contributed by atoms with Crippen LogP contribution < -0.4 is 10.2 Å². The number of anilines is 2. The van der Waals surface area contributed by atoms with Crippen molar-refractivity contribution in [2.24, 2.45) is 0 Å². The molecular formula is C13H15Cl2N3O. The number of furan rings is 1. The largest absolute Gasteiger partial charge is 0.467 e. The van der Waals surface area contributed by atoms with Gasteiger partial charge in [0.05, 0.1) is 22.9 Å². The Morgan fingerprint density at radius 2 is 2.16 bits per heavy atom. The second-order valence-corrected chi connectivity index (χ2v) is 4.90. The Morgan fingerprint density at radius 1 is 1.37 bits per heavy atom. The summed E-state index contributed by atoms with van der Waals surface area (Å²) in [6.45, 7) is 3.32. The van der Waals surface area contributed by atoms with Crippen LogP contribution in [0.5, 0.6) is 0 Å². The number of halogens is 2. The van der Waals surface area contributed by atoms with Crippen molar-refractivity contribution in [3.63, 3.8) is 0 Å². The molecule has 6 heteroatoms. The first-order valence-corrected chi connectivity index (χ1v) is 6.70. The Labute approximate surface area is 122 Å². The summed E-state index contributed by atoms with van der Waals surface area (Å²) in [6, 6.07) is 5.46. The molecule has 0 aromatic carbocycles. The van der Waals surface area contributed by atoms with Gasteiger partial charge in [-0.3, -0.25) is 0 Å². The standard InChI is InChI=1S/C13H15Cl2N3O/c1-3-16-12-10(14)7-11(15)13(17-12)18(2)8-9-5-4-6-19-9/h4-7H,3,8H2,1-2H3,(H,16,17). The summed E-state index contributed by atoms with van der Waals surface area (Å²) in [7, 11) is 1.90. The quantitative estimate of drug-likeness (QED) is 0.904. The fourth-order valence-corrected chi connectivity index (χ4v) is 2.30. The first-order valence-electron chi connectivity index (χ1n) is 5.95. The molecule has 0 fully saturated rings. The Kier molecular flexibility index (Phi) is 4.56. The van der Waals surface area contributed by atoms with E-state index in [0.29, 0.717) is 28.2 Å². The third-order valence-electron chi connectivity index (χ3n) is 2.59. The van der Waals surface area contributed by atoms with Crippen LogP contribution in [0.25, 0.3) is 0 Å². The summed E-state index contributed by atoms with van der Waals surface area (Å²) >= 11 is 12.3. The van der Waals surface area contributed by atoms with Gasteiger partial charge >= 0.3 is 0 Å². The third-order valence-corrected chi connectivity index (χ3v) is 3.16. The highest BCUT2D eigenvalue weighted by molar-refractivity contribution is 6.37. The van der Waals surface area contributed by atoms with E-state index >= 15 is 0 Å². The molecule has 0 aliphatic rings. The first-order chi connectivity index (χ1) is 9.11. The van der Waals surface area contributed by atoms with Crippen molar-refractivity contribution in [3.05, 3.63) is 40.3 Å². The summed E-state index contributed by atoms with van der Waals surface area (Å²) in [5.74, 6) is 2.15. The molecule has 0 aliphatic carbocycles. The summed E-state index contributed by atoms with van der Waals surface area (Å²) in [5, 5.41) is 4.14. The van der Waals surface area contributed by atoms with Crippen LogP contribution in [0.3, 0.4) is 0 Å². The van der Waals surface area contributed by atoms with Gasteiger partial charge in [-0.25, -0.2) is 4.98 Å². The molecule has 102 valence electrons. The van der Waals surface area contributed by atoms with E-state index in [1.54, 1.807) is 12.3 Å². The highest BCUT2D eigenvalue weighted by Gasteiger charge is 2.13. The molecule has 0 atom stereocenters. The fourth-order valence-electron chi connectivity index (χ4n) is 1.73. The molecule has 0 saturated heterocycles. The van der Waals surface area contributed by atoms with E-state index in [9.17, 15) is 0 Å². The van der Waals surface area contributed by atoms with Gasteiger partial charge in [0, 0.05) is 13.6 Å². The molecule has 0 radical (unpaired) electrons. The fraction of sp³-hybridized carbons (Fsp3) is 0.308. The van der Waals surface area contributed by atoms with Crippen molar-refractivity contribution in [1.29, 1.82) is 0 Å². The molecule has 0 bridgehead atoms. The van der Waals surface area contributed by atoms with Gasteiger partial charge < -0.3 is 14.6 Å². The highest BCUT2D eigenvalue weighted by atomic mass is 35.5. The van der Waals surface area contributed by atoms with E-state index in [-0.39, 0.29) is 0 Å². The van der Waals surface area contributed by atoms with E-state index in [4.69, 9.17) is 27.6 Å². The van der Waals surface area contributed by atoms with Crippen molar-refractivity contribution in [1.82, 2.24) is 4.98 Å². The van der Waals surface area contributed by atoms with Crippen molar-refractivity contribution < 1.29 is 4.42 Å². The van der Waals surface area contributed by atoms with Gasteiger partial charge in [0.1, 0.15) is 17.4 Å². The number of aromatic nitrogens is 1. The maximum Gasteiger partial charge on any atom is 0.150 e. The summed E-state index contributed by atoms with van der Waals surface area (Å²) < 4.78 is 5.31. The van der Waals surface area contributed by atoms with Gasteiger partial charge in [-0.1, -0.05) is 23.2 Å². The Balaban J connectivity index is 2.25. The van der Waals surface area contributed by atoms with Crippen LogP contribution in [0, 0.1) is 0 Å². The van der Waals surface area contributed by atoms with Crippen molar-refractivity contribution in [2.75, 3.05) is 23.8 Å². The maximum absolute atomic E-state index is 6.19. The molecule has 2 rings (SSSR count). The van der Waals surface area contributed by atoms with E-state index in [1.807, 2.05) is 31.0 Å². The monoisotopic (exact) mass is 299 g/mol. The molecule has 2 aromatic heterocycles. The Hall–Kier alpha value is -1.39. The number of hydrogen-bond donors (Lipinski definition) is 1. The predicted octanol–water partition coefficient (Wildman–Crippen LogP) is 4.05. The van der Waals surface area contributed by atoms with E-state index in [0.717, 1.165) is 12.3 Å². The van der Waals surface area contributed by atoms with Crippen molar-refractivity contribution in [2.45, 2.75) is 13.5 Å². The number of nitrogens with zero attached hydrogens (tertiary/aromatic N) is 2. The molecule has 19 heavy (non-hydrogen) atoms. The minimum absolute atomic E-state index is 0.515. The Morgan fingerprint density at radius 3 is 2.79 bits per heavy atom. The van der Waals surface area contributed by atoms with Crippen LogP contribution in [0.15, 0.2) is 28.9 Å². The molecule has 0 aliphatic heterocycles. The molecule has 1 N–H and O–H groups in total. The lowest BCUT2D eigenvalue weighted by atomic mass is 10.3. The molecule has 0 amide bonds. The summed E-state index contributed by atoms with van der Waals surface area (Å²) in [6.07, 6.45) is 1.64. The second-order valence-electron chi connectivity index (χ2n) is 4.09. The first kappa shape index (κ1) is 14.0. The van der Waals surface area contributed by atoms with Gasteiger partial charge in [0.2, 0.25) is 0 Å². The smallest absolute Gasteiger partial charge is 0.150 e. The summed E-state index contributed by atoms with van der Waals surface area (Å²) in [4.78, 5) is 6.37. The lowest BCUT2D eigenvalue weighted by molar-refractivity contribution is 0.507. The van der Waals surface area contributed by atoms with Gasteiger partial charge in [-0.05, 0) is 25.1 Å². The number of nitrogens with one attached hydrogen (secondary N) is 1. The van der Waals surface area contributed by atoms with Crippen molar-refractivity contribution in [3.8, 4) is 0 Å². The topological polar surface area (TPSA) is 41.3 Å². The molecular weight excluding hydrogens is 285 g/mol. The molecule has 0 unspecified atom stereocenters. The molecule has 0 spiro atoms. The van der Waals surface area contributed by atoms with Crippen LogP contribution in [-0.2, 0) is 6.54 Å². The van der Waals surface area contributed by atoms with E-state index in [1.165, 1.54) is 0 Å². The van der Waals surface area contributed by atoms with Gasteiger partial charge in [0.15, 0.2) is 0 Å². The lowest BCUT2D eigenvalue weighted by Crippen LogP contribution is -2.18. The molecule has 0 saturated carbocycles. The van der Waals surface area contributed by atoms with Gasteiger partial charge in [-0.2, -0.15) is 0 Å². The normalized spacial score (nSPS) is 10.5. The SMILES string of the molecule is CCNc1nc(N(C)Cc2ccco2)c(Cl)cc1Cl. The summed E-state index contributed by atoms with van der Waals surface area (Å²) in [5.41, 5.74) is 0. The lowest BCUT2D eigenvalue weighted by Gasteiger charge is -2.19. The van der Waals surface area contributed by atoms with Crippen LogP contribution in [-0.4, -0.2) is 18.6 Å². The molecule has 2 aromatic rings. The average molecular weight is 300 g/mol. The minimum atomic E-state index is 0.515. The predicted molar refractivity (Wildman–Crippen MR) is 79.2 cm³/mol. The van der Waals surface area contributed by atoms with E-state index in [2.05, 4.69) is 10.3 Å². The maximum atomic E-state index is 6.19. The second kappa shape index (κ2) is 6.17. The van der Waals surface area contributed by atoms with Crippen LogP contribution in [0.1, 0.15) is 12.7 Å². The van der Waals surface area contributed by atoms with Crippen LogP contribution in [0.2, 0.25) is 10.0 Å². The van der Waals surface area contributed by atoms with Gasteiger partial charge in [-0.15, -0.1) is 0 Å². The number of pyridine rings is 1. The Bertz CT molecular complexity index is 543. The number of rotatable bonds is 5. The van der Waals surface area contributed by atoms with Crippen molar-refractivity contribution >= 4 is 34.8 Å². The zero-order valence-electron chi connectivity index (χ0n) is 10.8. The average Bonchev–Trinajstić information content (AvgIpc) is 2.85. The zero-order chi connectivity index (χ0) is 13.8.